The molecule has 0 aliphatic carbocycles. The van der Waals surface area contributed by atoms with Gasteiger partial charge in [-0.05, 0) is 71.1 Å². The summed E-state index contributed by atoms with van der Waals surface area (Å²) >= 11 is 2.19. The van der Waals surface area contributed by atoms with Gasteiger partial charge in [-0.1, -0.05) is 0 Å². The summed E-state index contributed by atoms with van der Waals surface area (Å²) in [4.78, 5) is 11.6. The Labute approximate surface area is 118 Å². The normalized spacial score (nSPS) is 9.89. The second kappa shape index (κ2) is 5.81. The molecular weight excluding hydrogens is 346 g/mol. The van der Waals surface area contributed by atoms with E-state index in [2.05, 4.69) is 33.2 Å². The Balaban J connectivity index is 1.96. The van der Waals surface area contributed by atoms with E-state index in [-0.39, 0.29) is 11.8 Å². The number of benzene rings is 2. The van der Waals surface area contributed by atoms with Crippen molar-refractivity contribution in [3.05, 3.63) is 57.9 Å². The van der Waals surface area contributed by atoms with E-state index >= 15 is 0 Å². The van der Waals surface area contributed by atoms with Crippen molar-refractivity contribution in [1.29, 1.82) is 0 Å². The third-order valence-corrected chi connectivity index (χ3v) is 2.92. The molecule has 2 N–H and O–H groups in total. The third-order valence-electron chi connectivity index (χ3n) is 2.20. The van der Waals surface area contributed by atoms with Crippen LogP contribution in [0.25, 0.3) is 0 Å². The Morgan fingerprint density at radius 3 is 1.83 bits per heavy atom. The lowest BCUT2D eigenvalue weighted by Gasteiger charge is -2.07. The largest absolute Gasteiger partial charge is 0.323 e. The maximum atomic E-state index is 12.7. The average molecular weight is 356 g/mol. The fraction of sp³-hybridized carbons (Fsp3) is 0. The van der Waals surface area contributed by atoms with Crippen molar-refractivity contribution in [3.63, 3.8) is 0 Å². The zero-order chi connectivity index (χ0) is 13.0. The van der Waals surface area contributed by atoms with Crippen molar-refractivity contribution in [3.8, 4) is 0 Å². The van der Waals surface area contributed by atoms with E-state index in [1.807, 2.05) is 24.3 Å². The minimum Gasteiger partial charge on any atom is -0.308 e. The monoisotopic (exact) mass is 356 g/mol. The lowest BCUT2D eigenvalue weighted by Crippen LogP contribution is -2.19. The molecule has 0 atom stereocenters. The van der Waals surface area contributed by atoms with Crippen LogP contribution >= 0.6 is 22.6 Å². The van der Waals surface area contributed by atoms with Gasteiger partial charge in [0, 0.05) is 14.9 Å². The molecule has 0 aliphatic heterocycles. The Morgan fingerprint density at radius 2 is 1.33 bits per heavy atom. The van der Waals surface area contributed by atoms with E-state index in [0.717, 1.165) is 3.57 Å². The first-order valence-corrected chi connectivity index (χ1v) is 6.30. The Bertz CT molecular complexity index is 490. The summed E-state index contributed by atoms with van der Waals surface area (Å²) in [5, 5.41) is 5.30. The molecule has 2 rings (SSSR count). The van der Waals surface area contributed by atoms with Crippen molar-refractivity contribution in [1.82, 2.24) is 0 Å². The molecule has 0 saturated heterocycles. The van der Waals surface area contributed by atoms with Crippen molar-refractivity contribution < 1.29 is 9.18 Å². The Hall–Kier alpha value is -1.63. The van der Waals surface area contributed by atoms with Gasteiger partial charge < -0.3 is 10.6 Å². The number of anilines is 2. The molecule has 2 aromatic rings. The molecular formula is C13H10FIN2O. The van der Waals surface area contributed by atoms with Gasteiger partial charge in [0.2, 0.25) is 0 Å². The number of urea groups is 1. The van der Waals surface area contributed by atoms with Crippen LogP contribution in [0.4, 0.5) is 20.6 Å². The predicted octanol–water partition coefficient (Wildman–Crippen LogP) is 4.07. The highest BCUT2D eigenvalue weighted by molar-refractivity contribution is 14.1. The van der Waals surface area contributed by atoms with Crippen LogP contribution in [0.1, 0.15) is 0 Å². The predicted molar refractivity (Wildman–Crippen MR) is 78.2 cm³/mol. The highest BCUT2D eigenvalue weighted by Gasteiger charge is 2.02. The molecule has 0 spiro atoms. The van der Waals surface area contributed by atoms with Gasteiger partial charge in [-0.15, -0.1) is 0 Å². The first-order valence-electron chi connectivity index (χ1n) is 5.22. The number of amides is 2. The fourth-order valence-electron chi connectivity index (χ4n) is 1.36. The number of halogens is 2. The molecule has 92 valence electrons. The first kappa shape index (κ1) is 12.8. The van der Waals surface area contributed by atoms with Crippen molar-refractivity contribution in [2.75, 3.05) is 10.6 Å². The molecule has 0 unspecified atom stereocenters. The van der Waals surface area contributed by atoms with Crippen LogP contribution in [0.15, 0.2) is 48.5 Å². The van der Waals surface area contributed by atoms with E-state index in [4.69, 9.17) is 0 Å². The fourth-order valence-corrected chi connectivity index (χ4v) is 1.72. The summed E-state index contributed by atoms with van der Waals surface area (Å²) in [7, 11) is 0. The summed E-state index contributed by atoms with van der Waals surface area (Å²) in [6.45, 7) is 0. The molecule has 0 radical (unpaired) electrons. The maximum absolute atomic E-state index is 12.7. The Morgan fingerprint density at radius 1 is 0.889 bits per heavy atom. The minimum absolute atomic E-state index is 0.335. The van der Waals surface area contributed by atoms with Gasteiger partial charge in [-0.25, -0.2) is 9.18 Å². The number of hydrogen-bond acceptors (Lipinski definition) is 1. The molecule has 5 heteroatoms. The average Bonchev–Trinajstić information content (AvgIpc) is 2.35. The smallest absolute Gasteiger partial charge is 0.308 e. The number of nitrogens with one attached hydrogen (secondary N) is 2. The Kier molecular flexibility index (Phi) is 4.14. The number of hydrogen-bond donors (Lipinski definition) is 2. The highest BCUT2D eigenvalue weighted by Crippen LogP contribution is 2.12. The topological polar surface area (TPSA) is 41.1 Å². The van der Waals surface area contributed by atoms with Gasteiger partial charge in [0.1, 0.15) is 5.82 Å². The second-order valence-corrected chi connectivity index (χ2v) is 4.84. The molecule has 0 bridgehead atoms. The van der Waals surface area contributed by atoms with E-state index in [0.29, 0.717) is 11.4 Å². The number of rotatable bonds is 2. The molecule has 0 aromatic heterocycles. The van der Waals surface area contributed by atoms with Crippen LogP contribution in [0.3, 0.4) is 0 Å². The zero-order valence-corrected chi connectivity index (χ0v) is 11.4. The molecule has 0 saturated carbocycles. The van der Waals surface area contributed by atoms with Crippen molar-refractivity contribution >= 4 is 40.0 Å². The minimum atomic E-state index is -0.359. The van der Waals surface area contributed by atoms with E-state index in [1.54, 1.807) is 0 Å². The summed E-state index contributed by atoms with van der Waals surface area (Å²) < 4.78 is 13.8. The van der Waals surface area contributed by atoms with Crippen molar-refractivity contribution in [2.45, 2.75) is 0 Å². The van der Waals surface area contributed by atoms with Gasteiger partial charge in [0.25, 0.3) is 0 Å². The standard InChI is InChI=1S/C13H10FIN2O/c14-9-1-5-11(6-2-9)16-13(18)17-12-7-3-10(15)4-8-12/h1-8H,(H2,16,17,18). The second-order valence-electron chi connectivity index (χ2n) is 3.59. The molecule has 0 aliphatic rings. The van der Waals surface area contributed by atoms with Gasteiger partial charge in [-0.2, -0.15) is 0 Å². The first-order chi connectivity index (χ1) is 8.63. The van der Waals surface area contributed by atoms with Gasteiger partial charge in [0.05, 0.1) is 0 Å². The maximum Gasteiger partial charge on any atom is 0.323 e. The molecule has 0 heterocycles. The molecule has 2 aromatic carbocycles. The summed E-state index contributed by atoms with van der Waals surface area (Å²) in [6.07, 6.45) is 0. The summed E-state index contributed by atoms with van der Waals surface area (Å²) in [5.74, 6) is -0.335. The lowest BCUT2D eigenvalue weighted by molar-refractivity contribution is 0.262. The zero-order valence-electron chi connectivity index (χ0n) is 9.28. The van der Waals surface area contributed by atoms with Crippen LogP contribution < -0.4 is 10.6 Å². The van der Waals surface area contributed by atoms with Crippen LogP contribution in [-0.2, 0) is 0 Å². The van der Waals surface area contributed by atoms with Crippen LogP contribution in [-0.4, -0.2) is 6.03 Å². The SMILES string of the molecule is O=C(Nc1ccc(F)cc1)Nc1ccc(I)cc1. The van der Waals surface area contributed by atoms with Crippen molar-refractivity contribution in [2.24, 2.45) is 0 Å². The lowest BCUT2D eigenvalue weighted by atomic mass is 10.3. The van der Waals surface area contributed by atoms with Gasteiger partial charge >= 0.3 is 6.03 Å². The summed E-state index contributed by atoms with van der Waals surface area (Å²) in [5.41, 5.74) is 1.24. The summed E-state index contributed by atoms with van der Waals surface area (Å²) in [6, 6.07) is 12.6. The van der Waals surface area contributed by atoms with E-state index in [1.165, 1.54) is 24.3 Å². The molecule has 3 nitrogen and oxygen atoms in total. The molecule has 2 amide bonds. The molecule has 18 heavy (non-hydrogen) atoms. The van der Waals surface area contributed by atoms with Gasteiger partial charge in [-0.3, -0.25) is 0 Å². The number of carbonyl (C=O) groups is 1. The molecule has 0 fully saturated rings. The van der Waals surface area contributed by atoms with Crippen LogP contribution in [0, 0.1) is 9.39 Å². The van der Waals surface area contributed by atoms with Crippen LogP contribution in [0.2, 0.25) is 0 Å². The van der Waals surface area contributed by atoms with Crippen LogP contribution in [0.5, 0.6) is 0 Å². The third kappa shape index (κ3) is 3.69. The highest BCUT2D eigenvalue weighted by atomic mass is 127. The van der Waals surface area contributed by atoms with E-state index in [9.17, 15) is 9.18 Å². The van der Waals surface area contributed by atoms with Gasteiger partial charge in [0.15, 0.2) is 0 Å². The number of carbonyl (C=O) groups excluding carboxylic acids is 1. The quantitative estimate of drug-likeness (QED) is 0.783. The van der Waals surface area contributed by atoms with E-state index < -0.39 is 0 Å².